The molecule has 280 valence electrons. The molecule has 0 fully saturated rings. The highest BCUT2D eigenvalue weighted by Gasteiger charge is 2.46. The summed E-state index contributed by atoms with van der Waals surface area (Å²) in [4.78, 5) is 15.1. The summed E-state index contributed by atoms with van der Waals surface area (Å²) < 4.78 is 6.61. The third-order valence-electron chi connectivity index (χ3n) is 12.2. The molecule has 11 aromatic rings. The van der Waals surface area contributed by atoms with E-state index >= 15 is 0 Å². The summed E-state index contributed by atoms with van der Waals surface area (Å²) in [5.41, 5.74) is 13.8. The number of benzene rings is 9. The van der Waals surface area contributed by atoms with Crippen molar-refractivity contribution >= 4 is 32.7 Å². The molecular weight excluding hydrogens is 731 g/mol. The zero-order valence-electron chi connectivity index (χ0n) is 32.5. The molecule has 0 unspecified atom stereocenters. The normalized spacial score (nSPS) is 12.8. The Bertz CT molecular complexity index is 3380. The van der Waals surface area contributed by atoms with Gasteiger partial charge in [0.05, 0.1) is 5.41 Å². The highest BCUT2D eigenvalue weighted by atomic mass is 16.3. The molecule has 2 aromatic heterocycles. The standard InChI is InChI=1S/C56H35N3O/c1-3-15-38(16-4-1)53-57-54(59-55(58-53)41-31-26-36-14-7-8-17-40(36)34-41)39-29-27-37(28-30-39)44-22-13-25-51-52(44)47-35-43(32-33-50(47)60-51)56(42-18-5-2-6-19-42)48-23-11-9-20-45(48)46-21-10-12-24-49(46)56/h1-35H. The Balaban J connectivity index is 1.000. The summed E-state index contributed by atoms with van der Waals surface area (Å²) in [6.45, 7) is 0. The minimum atomic E-state index is -0.502. The van der Waals surface area contributed by atoms with Crippen LogP contribution in [0, 0.1) is 0 Å². The number of hydrogen-bond acceptors (Lipinski definition) is 4. The van der Waals surface area contributed by atoms with E-state index < -0.39 is 5.41 Å². The molecule has 1 aliphatic carbocycles. The van der Waals surface area contributed by atoms with Crippen LogP contribution in [-0.4, -0.2) is 15.0 Å². The van der Waals surface area contributed by atoms with Crippen LogP contribution >= 0.6 is 0 Å². The highest BCUT2D eigenvalue weighted by Crippen LogP contribution is 2.56. The van der Waals surface area contributed by atoms with Gasteiger partial charge in [-0.05, 0) is 79.5 Å². The lowest BCUT2D eigenvalue weighted by Crippen LogP contribution is -2.28. The third kappa shape index (κ3) is 5.28. The average molecular weight is 766 g/mol. The van der Waals surface area contributed by atoms with E-state index in [1.54, 1.807) is 0 Å². The highest BCUT2D eigenvalue weighted by molar-refractivity contribution is 6.13. The van der Waals surface area contributed by atoms with E-state index in [9.17, 15) is 0 Å². The molecule has 0 bridgehead atoms. The molecular formula is C56H35N3O. The molecule has 4 nitrogen and oxygen atoms in total. The van der Waals surface area contributed by atoms with Gasteiger partial charge in [-0.1, -0.05) is 188 Å². The van der Waals surface area contributed by atoms with Crippen LogP contribution in [0.25, 0.3) is 89.1 Å². The summed E-state index contributed by atoms with van der Waals surface area (Å²) in [6, 6.07) is 75.2. The van der Waals surface area contributed by atoms with Gasteiger partial charge >= 0.3 is 0 Å². The first-order valence-corrected chi connectivity index (χ1v) is 20.3. The molecule has 0 radical (unpaired) electrons. The van der Waals surface area contributed by atoms with Crippen LogP contribution in [0.4, 0.5) is 0 Å². The summed E-state index contributed by atoms with van der Waals surface area (Å²) in [5, 5.41) is 4.50. The van der Waals surface area contributed by atoms with Gasteiger partial charge in [0, 0.05) is 27.5 Å². The predicted octanol–water partition coefficient (Wildman–Crippen LogP) is 14.0. The third-order valence-corrected chi connectivity index (χ3v) is 12.2. The topological polar surface area (TPSA) is 51.8 Å². The Hall–Kier alpha value is -7.95. The fourth-order valence-corrected chi connectivity index (χ4v) is 9.49. The van der Waals surface area contributed by atoms with E-state index in [1.165, 1.54) is 38.8 Å². The largest absolute Gasteiger partial charge is 0.456 e. The molecule has 0 saturated carbocycles. The maximum Gasteiger partial charge on any atom is 0.164 e. The molecule has 12 rings (SSSR count). The smallest absolute Gasteiger partial charge is 0.164 e. The van der Waals surface area contributed by atoms with Gasteiger partial charge in [0.1, 0.15) is 11.2 Å². The van der Waals surface area contributed by atoms with Gasteiger partial charge in [-0.2, -0.15) is 0 Å². The van der Waals surface area contributed by atoms with Crippen molar-refractivity contribution in [2.45, 2.75) is 5.41 Å². The van der Waals surface area contributed by atoms with Crippen molar-refractivity contribution in [1.29, 1.82) is 0 Å². The predicted molar refractivity (Wildman–Crippen MR) is 244 cm³/mol. The van der Waals surface area contributed by atoms with Crippen molar-refractivity contribution < 1.29 is 4.42 Å². The van der Waals surface area contributed by atoms with E-state index in [-0.39, 0.29) is 0 Å². The lowest BCUT2D eigenvalue weighted by atomic mass is 9.67. The Morgan fingerprint density at radius 3 is 1.60 bits per heavy atom. The lowest BCUT2D eigenvalue weighted by molar-refractivity contribution is 0.668. The van der Waals surface area contributed by atoms with Crippen molar-refractivity contribution in [3.63, 3.8) is 0 Å². The van der Waals surface area contributed by atoms with E-state index in [0.29, 0.717) is 17.5 Å². The molecule has 60 heavy (non-hydrogen) atoms. The number of rotatable bonds is 6. The van der Waals surface area contributed by atoms with Gasteiger partial charge in [-0.3, -0.25) is 0 Å². The Morgan fingerprint density at radius 2 is 0.883 bits per heavy atom. The van der Waals surface area contributed by atoms with E-state index in [1.807, 2.05) is 30.3 Å². The van der Waals surface area contributed by atoms with Crippen LogP contribution in [0.1, 0.15) is 22.3 Å². The second-order valence-corrected chi connectivity index (χ2v) is 15.5. The molecule has 0 spiro atoms. The average Bonchev–Trinajstić information content (AvgIpc) is 3.86. The molecule has 0 amide bonds. The first-order chi connectivity index (χ1) is 29.7. The molecule has 0 saturated heterocycles. The number of aromatic nitrogens is 3. The molecule has 2 heterocycles. The fraction of sp³-hybridized carbons (Fsp3) is 0.0179. The number of hydrogen-bond donors (Lipinski definition) is 0. The number of fused-ring (bicyclic) bond motifs is 7. The number of nitrogens with zero attached hydrogens (tertiary/aromatic N) is 3. The molecule has 4 heteroatoms. The molecule has 0 atom stereocenters. The molecule has 0 aliphatic heterocycles. The van der Waals surface area contributed by atoms with Gasteiger partial charge in [-0.15, -0.1) is 0 Å². The van der Waals surface area contributed by atoms with Crippen LogP contribution in [0.2, 0.25) is 0 Å². The number of furan rings is 1. The van der Waals surface area contributed by atoms with Crippen LogP contribution in [0.3, 0.4) is 0 Å². The Kier molecular flexibility index (Phi) is 7.72. The quantitative estimate of drug-likeness (QED) is 0.169. The Morgan fingerprint density at radius 1 is 0.333 bits per heavy atom. The summed E-state index contributed by atoms with van der Waals surface area (Å²) in [5.74, 6) is 1.90. The summed E-state index contributed by atoms with van der Waals surface area (Å²) in [6.07, 6.45) is 0. The van der Waals surface area contributed by atoms with Crippen molar-refractivity contribution in [1.82, 2.24) is 15.0 Å². The first-order valence-electron chi connectivity index (χ1n) is 20.3. The van der Waals surface area contributed by atoms with Crippen molar-refractivity contribution in [3.8, 4) is 56.4 Å². The second kappa shape index (κ2) is 13.6. The first kappa shape index (κ1) is 34.1. The van der Waals surface area contributed by atoms with Crippen molar-refractivity contribution in [2.24, 2.45) is 0 Å². The second-order valence-electron chi connectivity index (χ2n) is 15.5. The SMILES string of the molecule is c1ccc(-c2nc(-c3ccc(-c4cccc5oc6ccc(C7(c8ccccc8)c8ccccc8-c8ccccc87)cc6c45)cc3)nc(-c3ccc4ccccc4c3)n2)cc1. The maximum absolute atomic E-state index is 6.61. The summed E-state index contributed by atoms with van der Waals surface area (Å²) in [7, 11) is 0. The Labute approximate surface area is 347 Å². The van der Waals surface area contributed by atoms with Crippen LogP contribution in [0.5, 0.6) is 0 Å². The van der Waals surface area contributed by atoms with Gasteiger partial charge in [0.2, 0.25) is 0 Å². The van der Waals surface area contributed by atoms with Gasteiger partial charge in [-0.25, -0.2) is 15.0 Å². The fourth-order valence-electron chi connectivity index (χ4n) is 9.49. The van der Waals surface area contributed by atoms with Gasteiger partial charge in [0.25, 0.3) is 0 Å². The molecule has 1 aliphatic rings. The zero-order valence-corrected chi connectivity index (χ0v) is 32.5. The maximum atomic E-state index is 6.61. The van der Waals surface area contributed by atoms with Gasteiger partial charge < -0.3 is 4.42 Å². The zero-order chi connectivity index (χ0) is 39.6. The van der Waals surface area contributed by atoms with E-state index in [4.69, 9.17) is 19.4 Å². The minimum absolute atomic E-state index is 0.502. The van der Waals surface area contributed by atoms with Crippen LogP contribution < -0.4 is 0 Å². The molecule has 9 aromatic carbocycles. The monoisotopic (exact) mass is 765 g/mol. The van der Waals surface area contributed by atoms with Gasteiger partial charge in [0.15, 0.2) is 17.5 Å². The lowest BCUT2D eigenvalue weighted by Gasteiger charge is -2.33. The van der Waals surface area contributed by atoms with Crippen molar-refractivity contribution in [3.05, 3.63) is 235 Å². The van der Waals surface area contributed by atoms with E-state index in [2.05, 4.69) is 182 Å². The van der Waals surface area contributed by atoms with Crippen molar-refractivity contribution in [2.75, 3.05) is 0 Å². The summed E-state index contributed by atoms with van der Waals surface area (Å²) >= 11 is 0. The van der Waals surface area contributed by atoms with E-state index in [0.717, 1.165) is 55.1 Å². The van der Waals surface area contributed by atoms with Crippen LogP contribution in [0.15, 0.2) is 217 Å². The van der Waals surface area contributed by atoms with Crippen LogP contribution in [-0.2, 0) is 5.41 Å². The minimum Gasteiger partial charge on any atom is -0.456 e. The molecule has 0 N–H and O–H groups in total.